The van der Waals surface area contributed by atoms with E-state index in [9.17, 15) is 10.2 Å². The molecule has 0 fully saturated rings. The van der Waals surface area contributed by atoms with E-state index in [2.05, 4.69) is 0 Å². The van der Waals surface area contributed by atoms with Gasteiger partial charge in [-0.25, -0.2) is 0 Å². The predicted octanol–water partition coefficient (Wildman–Crippen LogP) is 4.17. The first kappa shape index (κ1) is 14.8. The van der Waals surface area contributed by atoms with Crippen molar-refractivity contribution in [3.8, 4) is 0 Å². The molecule has 112 valence electrons. The van der Waals surface area contributed by atoms with Gasteiger partial charge >= 0.3 is 0 Å². The molecule has 0 bridgehead atoms. The molecule has 0 saturated heterocycles. The third-order valence-corrected chi connectivity index (χ3v) is 4.14. The summed E-state index contributed by atoms with van der Waals surface area (Å²) in [5, 5.41) is 23.4. The van der Waals surface area contributed by atoms with Gasteiger partial charge in [-0.05, 0) is 34.9 Å². The van der Waals surface area contributed by atoms with E-state index in [1.807, 2.05) is 72.8 Å². The summed E-state index contributed by atoms with van der Waals surface area (Å²) >= 11 is 0. The number of hydrogen-bond acceptors (Lipinski definition) is 2. The zero-order valence-electron chi connectivity index (χ0n) is 12.6. The first-order valence-electron chi connectivity index (χ1n) is 7.51. The second kappa shape index (κ2) is 5.91. The lowest BCUT2D eigenvalue weighted by Gasteiger charge is -2.27. The van der Waals surface area contributed by atoms with Gasteiger partial charge in [-0.3, -0.25) is 0 Å². The van der Waals surface area contributed by atoms with E-state index < -0.39 is 11.7 Å². The van der Waals surface area contributed by atoms with Crippen molar-refractivity contribution in [3.05, 3.63) is 83.9 Å². The van der Waals surface area contributed by atoms with Crippen LogP contribution in [0.2, 0.25) is 0 Å². The molecule has 3 rings (SSSR count). The van der Waals surface area contributed by atoms with Crippen LogP contribution in [0.4, 0.5) is 0 Å². The largest absolute Gasteiger partial charge is 0.388 e. The Kier molecular flexibility index (Phi) is 3.97. The molecule has 0 heterocycles. The van der Waals surface area contributed by atoms with Crippen molar-refractivity contribution in [1.82, 2.24) is 0 Å². The maximum atomic E-state index is 10.7. The van der Waals surface area contributed by atoms with Crippen molar-refractivity contribution in [2.45, 2.75) is 25.0 Å². The fourth-order valence-electron chi connectivity index (χ4n) is 2.82. The average Bonchev–Trinajstić information content (AvgIpc) is 2.55. The molecule has 22 heavy (non-hydrogen) atoms. The van der Waals surface area contributed by atoms with Crippen LogP contribution in [-0.2, 0) is 5.60 Å². The first-order valence-corrected chi connectivity index (χ1v) is 7.51. The monoisotopic (exact) mass is 292 g/mol. The van der Waals surface area contributed by atoms with Crippen molar-refractivity contribution in [2.75, 3.05) is 0 Å². The highest BCUT2D eigenvalue weighted by Crippen LogP contribution is 2.32. The molecule has 0 aliphatic heterocycles. The van der Waals surface area contributed by atoms with Crippen LogP contribution in [0.1, 0.15) is 30.6 Å². The van der Waals surface area contributed by atoms with Gasteiger partial charge in [0.25, 0.3) is 0 Å². The van der Waals surface area contributed by atoms with E-state index in [4.69, 9.17) is 0 Å². The quantitative estimate of drug-likeness (QED) is 0.757. The van der Waals surface area contributed by atoms with E-state index in [0.29, 0.717) is 0 Å². The van der Waals surface area contributed by atoms with Gasteiger partial charge in [-0.2, -0.15) is 0 Å². The topological polar surface area (TPSA) is 40.5 Å². The van der Waals surface area contributed by atoms with E-state index in [-0.39, 0.29) is 6.42 Å². The molecule has 0 saturated carbocycles. The predicted molar refractivity (Wildman–Crippen MR) is 89.5 cm³/mol. The Morgan fingerprint density at radius 3 is 2.23 bits per heavy atom. The fourth-order valence-corrected chi connectivity index (χ4v) is 2.82. The van der Waals surface area contributed by atoms with E-state index >= 15 is 0 Å². The summed E-state index contributed by atoms with van der Waals surface area (Å²) in [7, 11) is 0. The second-order valence-corrected chi connectivity index (χ2v) is 5.97. The Bertz CT molecular complexity index is 763. The van der Waals surface area contributed by atoms with Crippen LogP contribution in [0.25, 0.3) is 10.8 Å². The maximum Gasteiger partial charge on any atom is 0.0896 e. The van der Waals surface area contributed by atoms with Gasteiger partial charge in [-0.1, -0.05) is 66.7 Å². The van der Waals surface area contributed by atoms with Crippen LogP contribution >= 0.6 is 0 Å². The summed E-state index contributed by atoms with van der Waals surface area (Å²) in [6, 6.07) is 23.4. The molecule has 0 radical (unpaired) electrons. The van der Waals surface area contributed by atoms with Crippen LogP contribution in [-0.4, -0.2) is 10.2 Å². The Labute approximate surface area is 130 Å². The van der Waals surface area contributed by atoms with Crippen molar-refractivity contribution < 1.29 is 10.2 Å². The summed E-state index contributed by atoms with van der Waals surface area (Å²) in [5.74, 6) is 0. The normalized spacial score (nSPS) is 15.4. The van der Waals surface area contributed by atoms with Crippen molar-refractivity contribution in [2.24, 2.45) is 0 Å². The molecule has 2 nitrogen and oxygen atoms in total. The number of hydrogen-bond donors (Lipinski definition) is 2. The minimum atomic E-state index is -1.06. The summed E-state index contributed by atoms with van der Waals surface area (Å²) in [5.41, 5.74) is 0.580. The van der Waals surface area contributed by atoms with E-state index in [0.717, 1.165) is 21.9 Å². The van der Waals surface area contributed by atoms with Gasteiger partial charge in [0.05, 0.1) is 11.7 Å². The van der Waals surface area contributed by atoms with Gasteiger partial charge < -0.3 is 10.2 Å². The zero-order valence-corrected chi connectivity index (χ0v) is 12.6. The lowest BCUT2D eigenvalue weighted by molar-refractivity contribution is -0.000726. The third-order valence-electron chi connectivity index (χ3n) is 4.14. The molecule has 3 aromatic carbocycles. The standard InChI is InChI=1S/C20H20O2/c1-20(22,18-9-3-2-4-10-18)14-19(21)17-12-11-15-7-5-6-8-16(15)13-17/h2-13,19,21-22H,14H2,1H3. The molecule has 2 atom stereocenters. The van der Waals surface area contributed by atoms with Crippen LogP contribution in [0.5, 0.6) is 0 Å². The van der Waals surface area contributed by atoms with Crippen LogP contribution in [0.3, 0.4) is 0 Å². The summed E-state index contributed by atoms with van der Waals surface area (Å²) in [6.07, 6.45) is -0.449. The van der Waals surface area contributed by atoms with Gasteiger partial charge in [0.1, 0.15) is 0 Å². The minimum absolute atomic E-state index is 0.259. The Morgan fingerprint density at radius 1 is 0.864 bits per heavy atom. The van der Waals surface area contributed by atoms with Crippen molar-refractivity contribution >= 4 is 10.8 Å². The summed E-state index contributed by atoms with van der Waals surface area (Å²) < 4.78 is 0. The molecule has 2 unspecified atom stereocenters. The molecule has 3 aromatic rings. The highest BCUT2D eigenvalue weighted by Gasteiger charge is 2.27. The summed E-state index contributed by atoms with van der Waals surface area (Å²) in [4.78, 5) is 0. The molecule has 0 aliphatic carbocycles. The molecule has 0 aromatic heterocycles. The lowest BCUT2D eigenvalue weighted by Crippen LogP contribution is -2.24. The zero-order chi connectivity index (χ0) is 15.6. The van der Waals surface area contributed by atoms with Crippen LogP contribution in [0.15, 0.2) is 72.8 Å². The molecular weight excluding hydrogens is 272 g/mol. The molecule has 0 spiro atoms. The molecule has 2 heteroatoms. The Hall–Kier alpha value is -2.16. The minimum Gasteiger partial charge on any atom is -0.388 e. The van der Waals surface area contributed by atoms with Gasteiger partial charge in [-0.15, -0.1) is 0 Å². The van der Waals surface area contributed by atoms with Gasteiger partial charge in [0.15, 0.2) is 0 Å². The number of rotatable bonds is 4. The first-order chi connectivity index (χ1) is 10.6. The molecule has 0 aliphatic rings. The smallest absolute Gasteiger partial charge is 0.0896 e. The third kappa shape index (κ3) is 3.03. The van der Waals surface area contributed by atoms with Crippen LogP contribution < -0.4 is 0 Å². The van der Waals surface area contributed by atoms with Crippen LogP contribution in [0, 0.1) is 0 Å². The Balaban J connectivity index is 1.85. The molecule has 0 amide bonds. The molecule has 2 N–H and O–H groups in total. The lowest BCUT2D eigenvalue weighted by atomic mass is 9.87. The highest BCUT2D eigenvalue weighted by molar-refractivity contribution is 5.83. The number of benzene rings is 3. The van der Waals surface area contributed by atoms with Gasteiger partial charge in [0, 0.05) is 6.42 Å². The SMILES string of the molecule is CC(O)(CC(O)c1ccc2ccccc2c1)c1ccccc1. The van der Waals surface area contributed by atoms with E-state index in [1.54, 1.807) is 6.92 Å². The number of aliphatic hydroxyl groups is 2. The number of fused-ring (bicyclic) bond motifs is 1. The molecular formula is C20H20O2. The maximum absolute atomic E-state index is 10.7. The average molecular weight is 292 g/mol. The van der Waals surface area contributed by atoms with E-state index in [1.165, 1.54) is 0 Å². The van der Waals surface area contributed by atoms with Crippen molar-refractivity contribution in [3.63, 3.8) is 0 Å². The highest BCUT2D eigenvalue weighted by atomic mass is 16.3. The fraction of sp³-hybridized carbons (Fsp3) is 0.200. The number of aliphatic hydroxyl groups excluding tert-OH is 1. The van der Waals surface area contributed by atoms with Crippen molar-refractivity contribution in [1.29, 1.82) is 0 Å². The Morgan fingerprint density at radius 2 is 1.50 bits per heavy atom. The van der Waals surface area contributed by atoms with Gasteiger partial charge in [0.2, 0.25) is 0 Å². The summed E-state index contributed by atoms with van der Waals surface area (Å²) in [6.45, 7) is 1.74. The second-order valence-electron chi connectivity index (χ2n) is 5.97.